The molecule has 0 aliphatic carbocycles. The number of fused-ring (bicyclic) bond motifs is 1. The molecule has 7 heteroatoms. The maximum Gasteiger partial charge on any atom is 0.338 e. The van der Waals surface area contributed by atoms with E-state index in [1.54, 1.807) is 6.07 Å². The third kappa shape index (κ3) is 2.99. The molecule has 1 aromatic carbocycles. The summed E-state index contributed by atoms with van der Waals surface area (Å²) in [5.41, 5.74) is 3.56. The molecule has 4 aromatic rings. The van der Waals surface area contributed by atoms with Gasteiger partial charge in [-0.05, 0) is 25.5 Å². The van der Waals surface area contributed by atoms with Crippen molar-refractivity contribution in [1.29, 1.82) is 0 Å². The van der Waals surface area contributed by atoms with Crippen molar-refractivity contribution in [3.63, 3.8) is 0 Å². The summed E-state index contributed by atoms with van der Waals surface area (Å²) in [4.78, 5) is 18.0. The Hall–Kier alpha value is -2.70. The van der Waals surface area contributed by atoms with Gasteiger partial charge in [0, 0.05) is 22.5 Å². The van der Waals surface area contributed by atoms with E-state index < -0.39 is 5.97 Å². The van der Waals surface area contributed by atoms with Crippen LogP contribution in [0.25, 0.3) is 32.7 Å². The third-order valence-electron chi connectivity index (χ3n) is 4.67. The maximum absolute atomic E-state index is 12.4. The van der Waals surface area contributed by atoms with Crippen LogP contribution in [-0.4, -0.2) is 25.8 Å². The van der Waals surface area contributed by atoms with E-state index >= 15 is 0 Å². The van der Waals surface area contributed by atoms with Crippen molar-refractivity contribution < 1.29 is 9.90 Å². The number of aryl methyl sites for hydroxylation is 2. The Morgan fingerprint density at radius 1 is 1.18 bits per heavy atom. The second-order valence-electron chi connectivity index (χ2n) is 6.30. The van der Waals surface area contributed by atoms with Gasteiger partial charge in [-0.25, -0.2) is 14.5 Å². The zero-order chi connectivity index (χ0) is 19.8. The second kappa shape index (κ2) is 7.37. The monoisotopic (exact) mass is 411 g/mol. The lowest BCUT2D eigenvalue weighted by Crippen LogP contribution is -2.07. The van der Waals surface area contributed by atoms with E-state index in [0.717, 1.165) is 21.5 Å². The number of thiophene rings is 1. The van der Waals surface area contributed by atoms with Crippen molar-refractivity contribution in [1.82, 2.24) is 14.8 Å². The number of rotatable bonds is 5. The molecule has 28 heavy (non-hydrogen) atoms. The predicted octanol–water partition coefficient (Wildman–Crippen LogP) is 5.76. The molecule has 0 saturated carbocycles. The molecule has 5 nitrogen and oxygen atoms in total. The quantitative estimate of drug-likeness (QED) is 0.453. The number of pyridine rings is 1. The Labute approximate surface area is 171 Å². The maximum atomic E-state index is 12.4. The summed E-state index contributed by atoms with van der Waals surface area (Å²) < 4.78 is 2.45. The van der Waals surface area contributed by atoms with Crippen LogP contribution in [0.4, 0.5) is 0 Å². The topological polar surface area (TPSA) is 68.0 Å². The minimum Gasteiger partial charge on any atom is -0.478 e. The normalized spacial score (nSPS) is 11.2. The van der Waals surface area contributed by atoms with E-state index in [2.05, 4.69) is 5.10 Å². The van der Waals surface area contributed by atoms with Crippen LogP contribution in [0.15, 0.2) is 42.5 Å². The average molecular weight is 412 g/mol. The lowest BCUT2D eigenvalue weighted by atomic mass is 9.96. The molecular weight excluding hydrogens is 394 g/mol. The van der Waals surface area contributed by atoms with E-state index in [9.17, 15) is 9.90 Å². The fourth-order valence-electron chi connectivity index (χ4n) is 3.45. The van der Waals surface area contributed by atoms with E-state index in [1.807, 2.05) is 54.9 Å². The SMILES string of the molecule is CCc1nn(CC)c2nc(-c3ccccc3)c(C(=O)O)c(-c3ccc(Cl)s3)c12. The molecule has 0 amide bonds. The Morgan fingerprint density at radius 2 is 1.93 bits per heavy atom. The second-order valence-corrected chi connectivity index (χ2v) is 8.02. The molecule has 0 saturated heterocycles. The fourth-order valence-corrected chi connectivity index (χ4v) is 4.55. The number of nitrogens with zero attached hydrogens (tertiary/aromatic N) is 3. The number of carboxylic acids is 1. The minimum absolute atomic E-state index is 0.183. The molecule has 3 aromatic heterocycles. The van der Waals surface area contributed by atoms with Crippen LogP contribution in [0.1, 0.15) is 29.9 Å². The first kappa shape index (κ1) is 18.7. The number of aromatic nitrogens is 3. The van der Waals surface area contributed by atoms with Crippen LogP contribution in [0.2, 0.25) is 4.34 Å². The molecular formula is C21H18ClN3O2S. The highest BCUT2D eigenvalue weighted by molar-refractivity contribution is 7.19. The fraction of sp³-hybridized carbons (Fsp3) is 0.190. The average Bonchev–Trinajstić information content (AvgIpc) is 3.30. The summed E-state index contributed by atoms with van der Waals surface area (Å²) >= 11 is 7.56. The molecule has 0 unspecified atom stereocenters. The van der Waals surface area contributed by atoms with Gasteiger partial charge in [0.05, 0.1) is 26.7 Å². The molecule has 1 N–H and O–H groups in total. The van der Waals surface area contributed by atoms with Gasteiger partial charge < -0.3 is 5.11 Å². The molecule has 0 aliphatic heterocycles. The van der Waals surface area contributed by atoms with Crippen molar-refractivity contribution >= 4 is 39.9 Å². The number of benzene rings is 1. The number of hydrogen-bond donors (Lipinski definition) is 1. The van der Waals surface area contributed by atoms with Gasteiger partial charge in [0.15, 0.2) is 5.65 Å². The number of hydrogen-bond acceptors (Lipinski definition) is 4. The largest absolute Gasteiger partial charge is 0.478 e. The molecule has 0 fully saturated rings. The number of halogens is 1. The summed E-state index contributed by atoms with van der Waals surface area (Å²) in [7, 11) is 0. The van der Waals surface area contributed by atoms with Gasteiger partial charge in [-0.2, -0.15) is 5.10 Å². The highest BCUT2D eigenvalue weighted by Crippen LogP contribution is 2.42. The molecule has 0 bridgehead atoms. The Balaban J connectivity index is 2.22. The lowest BCUT2D eigenvalue weighted by molar-refractivity contribution is 0.0698. The Kier molecular flexibility index (Phi) is 4.91. The van der Waals surface area contributed by atoms with Crippen LogP contribution >= 0.6 is 22.9 Å². The highest BCUT2D eigenvalue weighted by Gasteiger charge is 2.27. The van der Waals surface area contributed by atoms with E-state index in [-0.39, 0.29) is 5.56 Å². The predicted molar refractivity (Wildman–Crippen MR) is 113 cm³/mol. The van der Waals surface area contributed by atoms with Gasteiger partial charge >= 0.3 is 5.97 Å². The van der Waals surface area contributed by atoms with E-state index in [0.29, 0.717) is 34.2 Å². The van der Waals surface area contributed by atoms with Crippen molar-refractivity contribution in [2.75, 3.05) is 0 Å². The third-order valence-corrected chi connectivity index (χ3v) is 5.92. The van der Waals surface area contributed by atoms with E-state index in [4.69, 9.17) is 16.6 Å². The van der Waals surface area contributed by atoms with Gasteiger partial charge in [-0.15, -0.1) is 11.3 Å². The zero-order valence-electron chi connectivity index (χ0n) is 15.4. The van der Waals surface area contributed by atoms with Crippen molar-refractivity contribution in [2.45, 2.75) is 26.8 Å². The van der Waals surface area contributed by atoms with Crippen LogP contribution < -0.4 is 0 Å². The van der Waals surface area contributed by atoms with Gasteiger partial charge in [0.25, 0.3) is 0 Å². The summed E-state index contributed by atoms with van der Waals surface area (Å²) in [6, 6.07) is 13.1. The Morgan fingerprint density at radius 3 is 2.50 bits per heavy atom. The van der Waals surface area contributed by atoms with Gasteiger partial charge in [-0.1, -0.05) is 48.9 Å². The molecule has 0 aliphatic rings. The van der Waals surface area contributed by atoms with Crippen LogP contribution in [0.3, 0.4) is 0 Å². The van der Waals surface area contributed by atoms with Crippen LogP contribution in [0, 0.1) is 0 Å². The standard InChI is InChI=1S/C21H18ClN3O2S/c1-3-13-16-17(14-10-11-15(22)28-14)18(21(26)27)19(12-8-6-5-7-9-12)23-20(16)25(4-2)24-13/h5-11H,3-4H2,1-2H3,(H,26,27). The van der Waals surface area contributed by atoms with E-state index in [1.165, 1.54) is 11.3 Å². The van der Waals surface area contributed by atoms with Crippen molar-refractivity contribution in [3.05, 3.63) is 58.1 Å². The van der Waals surface area contributed by atoms with Gasteiger partial charge in [0.1, 0.15) is 0 Å². The molecule has 3 heterocycles. The smallest absolute Gasteiger partial charge is 0.338 e. The van der Waals surface area contributed by atoms with Gasteiger partial charge in [-0.3, -0.25) is 0 Å². The summed E-state index contributed by atoms with van der Waals surface area (Å²) in [5, 5.41) is 15.6. The van der Waals surface area contributed by atoms with Crippen LogP contribution in [0.5, 0.6) is 0 Å². The summed E-state index contributed by atoms with van der Waals surface area (Å²) in [5.74, 6) is -1.01. The first-order valence-corrected chi connectivity index (χ1v) is 10.2. The first-order chi connectivity index (χ1) is 13.5. The molecule has 0 atom stereocenters. The minimum atomic E-state index is -1.01. The van der Waals surface area contributed by atoms with Crippen molar-refractivity contribution in [3.8, 4) is 21.7 Å². The summed E-state index contributed by atoms with van der Waals surface area (Å²) in [6.07, 6.45) is 0.682. The Bertz CT molecular complexity index is 1180. The summed E-state index contributed by atoms with van der Waals surface area (Å²) in [6.45, 7) is 4.66. The molecule has 0 spiro atoms. The number of aromatic carboxylic acids is 1. The highest BCUT2D eigenvalue weighted by atomic mass is 35.5. The number of carbonyl (C=O) groups is 1. The number of carboxylic acid groups (broad SMARTS) is 1. The lowest BCUT2D eigenvalue weighted by Gasteiger charge is -2.13. The van der Waals surface area contributed by atoms with Crippen LogP contribution in [-0.2, 0) is 13.0 Å². The van der Waals surface area contributed by atoms with Crippen molar-refractivity contribution in [2.24, 2.45) is 0 Å². The molecule has 142 valence electrons. The van der Waals surface area contributed by atoms with Gasteiger partial charge in [0.2, 0.25) is 0 Å². The zero-order valence-corrected chi connectivity index (χ0v) is 17.0. The molecule has 4 rings (SSSR count). The first-order valence-electron chi connectivity index (χ1n) is 9.02. The molecule has 0 radical (unpaired) electrons.